The van der Waals surface area contributed by atoms with E-state index in [0.717, 1.165) is 0 Å². The first-order valence-electron chi connectivity index (χ1n) is 10.0. The van der Waals surface area contributed by atoms with Gasteiger partial charge in [0.15, 0.2) is 17.7 Å². The molecule has 0 saturated carbocycles. The van der Waals surface area contributed by atoms with E-state index in [9.17, 15) is 39.6 Å². The largest absolute Gasteiger partial charge is 0.510 e. The normalized spacial score (nSPS) is 29.1. The number of carbonyl (C=O) groups excluding carboxylic acids is 4. The average molecular weight is 521 g/mol. The van der Waals surface area contributed by atoms with Crippen LogP contribution in [0.1, 0.15) is 32.7 Å². The molecule has 0 radical (unpaired) electrons. The van der Waals surface area contributed by atoms with Gasteiger partial charge in [0.05, 0.1) is 17.2 Å². The Morgan fingerprint density at radius 1 is 1.27 bits per heavy atom. The molecule has 11 heteroatoms. The number of nitrogens with zero attached hydrogens (tertiary/aromatic N) is 1. The van der Waals surface area contributed by atoms with Gasteiger partial charge in [-0.1, -0.05) is 15.9 Å². The van der Waals surface area contributed by atoms with Gasteiger partial charge in [0.25, 0.3) is 5.91 Å². The van der Waals surface area contributed by atoms with Crippen molar-refractivity contribution < 1.29 is 39.6 Å². The zero-order valence-corrected chi connectivity index (χ0v) is 19.2. The molecule has 0 aromatic heterocycles. The van der Waals surface area contributed by atoms with Crippen molar-refractivity contribution in [3.05, 3.63) is 49.9 Å². The lowest BCUT2D eigenvalue weighted by molar-refractivity contribution is -0.148. The van der Waals surface area contributed by atoms with Gasteiger partial charge in [0, 0.05) is 16.0 Å². The highest BCUT2D eigenvalue weighted by molar-refractivity contribution is 9.10. The van der Waals surface area contributed by atoms with Gasteiger partial charge in [-0.2, -0.15) is 0 Å². The number of ketones is 2. The molecule has 3 aliphatic rings. The summed E-state index contributed by atoms with van der Waals surface area (Å²) in [7, 11) is 3.12. The molecule has 1 aromatic rings. The number of aliphatic hydroxyl groups is 3. The molecule has 0 aliphatic heterocycles. The van der Waals surface area contributed by atoms with Crippen molar-refractivity contribution in [3.63, 3.8) is 0 Å². The predicted molar refractivity (Wildman–Crippen MR) is 117 cm³/mol. The summed E-state index contributed by atoms with van der Waals surface area (Å²) < 4.78 is 0.410. The van der Waals surface area contributed by atoms with E-state index in [1.807, 2.05) is 0 Å². The van der Waals surface area contributed by atoms with Gasteiger partial charge in [0.2, 0.25) is 5.78 Å². The van der Waals surface area contributed by atoms with E-state index in [1.165, 1.54) is 11.0 Å². The number of primary amides is 1. The van der Waals surface area contributed by atoms with Crippen LogP contribution >= 0.6 is 15.9 Å². The number of aliphatic hydroxyl groups excluding tert-OH is 2. The molecule has 0 bridgehead atoms. The highest BCUT2D eigenvalue weighted by atomic mass is 79.9. The average Bonchev–Trinajstić information content (AvgIpc) is 2.72. The molecule has 10 nitrogen and oxygen atoms in total. The Bertz CT molecular complexity index is 1220. The smallest absolute Gasteiger partial charge is 0.255 e. The fourth-order valence-electron chi connectivity index (χ4n) is 5.38. The molecule has 1 aromatic carbocycles. The molecule has 3 aliphatic carbocycles. The fourth-order valence-corrected chi connectivity index (χ4v) is 5.99. The Balaban J connectivity index is 1.99. The topological polar surface area (TPSA) is 178 Å². The maximum atomic E-state index is 13.4. The predicted octanol–water partition coefficient (Wildman–Crippen LogP) is 0.696. The van der Waals surface area contributed by atoms with Crippen molar-refractivity contribution >= 4 is 39.7 Å². The van der Waals surface area contributed by atoms with E-state index >= 15 is 0 Å². The maximum absolute atomic E-state index is 13.4. The van der Waals surface area contributed by atoms with Gasteiger partial charge < -0.3 is 26.2 Å². The molecular weight excluding hydrogens is 500 g/mol. The molecule has 4 rings (SSSR count). The van der Waals surface area contributed by atoms with Crippen molar-refractivity contribution in [3.8, 4) is 5.75 Å². The monoisotopic (exact) mass is 520 g/mol. The zero-order chi connectivity index (χ0) is 24.6. The first kappa shape index (κ1) is 23.1. The van der Waals surface area contributed by atoms with E-state index in [-0.39, 0.29) is 29.5 Å². The summed E-state index contributed by atoms with van der Waals surface area (Å²) in [6.07, 6.45) is 0.508. The minimum Gasteiger partial charge on any atom is -0.510 e. The lowest BCUT2D eigenvalue weighted by Crippen LogP contribution is -2.63. The van der Waals surface area contributed by atoms with E-state index in [0.29, 0.717) is 16.3 Å². The Kier molecular flexibility index (Phi) is 5.26. The Labute approximate surface area is 196 Å². The molecule has 0 heterocycles. The summed E-state index contributed by atoms with van der Waals surface area (Å²) in [5.74, 6) is -7.34. The van der Waals surface area contributed by atoms with E-state index in [2.05, 4.69) is 15.9 Å². The summed E-state index contributed by atoms with van der Waals surface area (Å²) in [6, 6.07) is 0.326. The van der Waals surface area contributed by atoms with Gasteiger partial charge in [-0.15, -0.1) is 0 Å². The first-order chi connectivity index (χ1) is 15.4. The van der Waals surface area contributed by atoms with Crippen LogP contribution in [0.15, 0.2) is 33.2 Å². The SMILES string of the molecule is CN(C)[C@@H]1C(O)=C(C(N)=O)C(=O)[C@@]2(O)C(O)=C3C(=O)c4c(O)c(C=O)cc(Br)c4CC3CC12. The van der Waals surface area contributed by atoms with Crippen molar-refractivity contribution in [2.75, 3.05) is 14.1 Å². The van der Waals surface area contributed by atoms with E-state index in [1.54, 1.807) is 14.1 Å². The van der Waals surface area contributed by atoms with Crippen LogP contribution in [0.2, 0.25) is 0 Å². The van der Waals surface area contributed by atoms with Crippen LogP contribution in [0.4, 0.5) is 0 Å². The van der Waals surface area contributed by atoms with Crippen LogP contribution in [-0.4, -0.2) is 74.8 Å². The van der Waals surface area contributed by atoms with Crippen molar-refractivity contribution in [2.24, 2.45) is 17.6 Å². The van der Waals surface area contributed by atoms with Crippen LogP contribution in [0.25, 0.3) is 0 Å². The fraction of sp³-hybridized carbons (Fsp3) is 0.364. The van der Waals surface area contributed by atoms with Gasteiger partial charge in [0.1, 0.15) is 22.8 Å². The third kappa shape index (κ3) is 2.92. The van der Waals surface area contributed by atoms with E-state index < -0.39 is 63.8 Å². The molecule has 2 unspecified atom stereocenters. The van der Waals surface area contributed by atoms with Crippen LogP contribution < -0.4 is 5.73 Å². The molecule has 0 fully saturated rings. The number of aldehydes is 1. The third-order valence-corrected chi connectivity index (χ3v) is 7.53. The number of hydrogen-bond donors (Lipinski definition) is 5. The molecule has 6 N–H and O–H groups in total. The molecule has 174 valence electrons. The maximum Gasteiger partial charge on any atom is 0.255 e. The van der Waals surface area contributed by atoms with Gasteiger partial charge in [-0.3, -0.25) is 24.1 Å². The number of nitrogens with two attached hydrogens (primary N) is 1. The Morgan fingerprint density at radius 3 is 2.45 bits per heavy atom. The standard InChI is InChI=1S/C22H21BrN2O8/c1-25(2)15-10-4-7-3-9-11(23)5-8(6-26)16(27)13(9)17(28)12(7)19(30)22(10,33)20(31)14(18(15)29)21(24)32/h5-7,10,15,27,29-30,33H,3-4H2,1-2H3,(H2,24,32)/t7?,10?,15-,22-/m0/s1. The Hall–Kier alpha value is -3.02. The second-order valence-electron chi connectivity index (χ2n) is 8.73. The van der Waals surface area contributed by atoms with Crippen molar-refractivity contribution in [1.29, 1.82) is 0 Å². The minimum atomic E-state index is -2.69. The summed E-state index contributed by atoms with van der Waals surface area (Å²) in [4.78, 5) is 51.3. The first-order valence-corrected chi connectivity index (χ1v) is 10.8. The van der Waals surface area contributed by atoms with Gasteiger partial charge in [-0.05, 0) is 44.5 Å². The second-order valence-corrected chi connectivity index (χ2v) is 9.59. The number of fused-ring (bicyclic) bond motifs is 3. The summed E-state index contributed by atoms with van der Waals surface area (Å²) >= 11 is 3.31. The number of aromatic hydroxyl groups is 1. The number of amides is 1. The van der Waals surface area contributed by atoms with Crippen LogP contribution in [0.3, 0.4) is 0 Å². The van der Waals surface area contributed by atoms with Crippen molar-refractivity contribution in [1.82, 2.24) is 4.90 Å². The molecule has 0 spiro atoms. The summed E-state index contributed by atoms with van der Waals surface area (Å²) in [5, 5.41) is 43.8. The number of hydrogen-bond acceptors (Lipinski definition) is 9. The number of Topliss-reactive ketones (excluding diaryl/α,β-unsaturated/α-hetero) is 2. The van der Waals surface area contributed by atoms with Crippen LogP contribution in [0, 0.1) is 11.8 Å². The minimum absolute atomic E-state index is 0.00556. The van der Waals surface area contributed by atoms with Gasteiger partial charge in [-0.25, -0.2) is 0 Å². The highest BCUT2D eigenvalue weighted by Crippen LogP contribution is 2.53. The number of phenols is 1. The lowest BCUT2D eigenvalue weighted by Gasteiger charge is -2.50. The quantitative estimate of drug-likeness (QED) is 0.283. The molecule has 1 amide bonds. The molecule has 0 saturated heterocycles. The number of likely N-dealkylation sites (N-methyl/N-ethyl adjacent to an activating group) is 1. The Morgan fingerprint density at radius 2 is 1.91 bits per heavy atom. The van der Waals surface area contributed by atoms with Crippen LogP contribution in [0.5, 0.6) is 5.75 Å². The lowest BCUT2D eigenvalue weighted by atomic mass is 9.58. The number of halogens is 1. The number of benzene rings is 1. The molecular formula is C22H21BrN2O8. The highest BCUT2D eigenvalue weighted by Gasteiger charge is 2.63. The summed E-state index contributed by atoms with van der Waals surface area (Å²) in [5.41, 5.74) is 1.50. The third-order valence-electron chi connectivity index (χ3n) is 6.82. The van der Waals surface area contributed by atoms with Crippen LogP contribution in [-0.2, 0) is 16.0 Å². The summed E-state index contributed by atoms with van der Waals surface area (Å²) in [6.45, 7) is 0. The number of phenolic OH excluding ortho intramolecular Hbond substituents is 1. The number of carbonyl (C=O) groups is 4. The zero-order valence-electron chi connectivity index (χ0n) is 17.6. The number of allylic oxidation sites excluding steroid dienone is 1. The second kappa shape index (κ2) is 7.51. The van der Waals surface area contributed by atoms with Gasteiger partial charge >= 0.3 is 0 Å². The molecule has 4 atom stereocenters. The van der Waals surface area contributed by atoms with Crippen molar-refractivity contribution in [2.45, 2.75) is 24.5 Å². The van der Waals surface area contributed by atoms with E-state index in [4.69, 9.17) is 5.73 Å². The number of rotatable bonds is 3. The molecule has 33 heavy (non-hydrogen) atoms.